The first-order chi connectivity index (χ1) is 13.7. The van der Waals surface area contributed by atoms with Crippen molar-refractivity contribution in [1.82, 2.24) is 5.32 Å². The second-order valence-corrected chi connectivity index (χ2v) is 6.50. The van der Waals surface area contributed by atoms with Gasteiger partial charge in [0.1, 0.15) is 12.4 Å². The zero-order valence-electron chi connectivity index (χ0n) is 15.3. The van der Waals surface area contributed by atoms with E-state index in [0.717, 1.165) is 11.1 Å². The van der Waals surface area contributed by atoms with Crippen LogP contribution in [0.5, 0.6) is 5.75 Å². The number of hydrogen-bond donors (Lipinski definition) is 1. The Kier molecular flexibility index (Phi) is 8.48. The Morgan fingerprint density at radius 2 is 1.55 bits per heavy atom. The number of carbonyl (C=O) groups is 2. The standard InChI is InChI=1S/C20H19ClF3NO4/c21-16-5-1-15(2-6-16)13-28-17-7-3-14(4-8-17)9-11-25-12-10-18(26)29-19(27)20(22,23)24/h1-8,25H,9-13H2. The molecule has 2 rings (SSSR count). The van der Waals surface area contributed by atoms with E-state index in [1.54, 1.807) is 12.1 Å². The molecule has 0 saturated heterocycles. The highest BCUT2D eigenvalue weighted by molar-refractivity contribution is 6.30. The lowest BCUT2D eigenvalue weighted by atomic mass is 10.1. The summed E-state index contributed by atoms with van der Waals surface area (Å²) in [4.78, 5) is 21.7. The maximum atomic E-state index is 12.0. The van der Waals surface area contributed by atoms with Gasteiger partial charge in [0.25, 0.3) is 0 Å². The summed E-state index contributed by atoms with van der Waals surface area (Å²) in [6.07, 6.45) is -4.86. The highest BCUT2D eigenvalue weighted by atomic mass is 35.5. The SMILES string of the molecule is O=C(CCNCCc1ccc(OCc2ccc(Cl)cc2)cc1)OC(=O)C(F)(F)F. The molecule has 0 aliphatic heterocycles. The Bertz CT molecular complexity index is 808. The molecule has 5 nitrogen and oxygen atoms in total. The summed E-state index contributed by atoms with van der Waals surface area (Å²) >= 11 is 5.84. The molecule has 29 heavy (non-hydrogen) atoms. The Labute approximate surface area is 170 Å². The smallest absolute Gasteiger partial charge is 0.489 e. The molecule has 0 spiro atoms. The number of hydrogen-bond acceptors (Lipinski definition) is 5. The second-order valence-electron chi connectivity index (χ2n) is 6.07. The number of nitrogens with one attached hydrogen (secondary N) is 1. The summed E-state index contributed by atoms with van der Waals surface area (Å²) in [7, 11) is 0. The highest BCUT2D eigenvalue weighted by Gasteiger charge is 2.42. The Balaban J connectivity index is 1.63. The minimum Gasteiger partial charge on any atom is -0.489 e. The van der Waals surface area contributed by atoms with Gasteiger partial charge in [0.2, 0.25) is 0 Å². The number of rotatable bonds is 9. The van der Waals surface area contributed by atoms with Gasteiger partial charge in [-0.3, -0.25) is 4.79 Å². The van der Waals surface area contributed by atoms with Crippen molar-refractivity contribution in [1.29, 1.82) is 0 Å². The fraction of sp³-hybridized carbons (Fsp3) is 0.300. The van der Waals surface area contributed by atoms with Crippen LogP contribution in [0.4, 0.5) is 13.2 Å². The molecule has 156 valence electrons. The lowest BCUT2D eigenvalue weighted by molar-refractivity contribution is -0.201. The van der Waals surface area contributed by atoms with Crippen LogP contribution in [0, 0.1) is 0 Å². The third kappa shape index (κ3) is 8.53. The zero-order chi connectivity index (χ0) is 21.3. The Morgan fingerprint density at radius 3 is 2.17 bits per heavy atom. The number of alkyl halides is 3. The molecule has 0 fully saturated rings. The van der Waals surface area contributed by atoms with Gasteiger partial charge in [0, 0.05) is 11.6 Å². The van der Waals surface area contributed by atoms with Crippen molar-refractivity contribution in [2.45, 2.75) is 25.6 Å². The summed E-state index contributed by atoms with van der Waals surface area (Å²) in [6, 6.07) is 14.8. The maximum absolute atomic E-state index is 12.0. The number of esters is 2. The third-order valence-electron chi connectivity index (χ3n) is 3.78. The summed E-state index contributed by atoms with van der Waals surface area (Å²) in [5, 5.41) is 3.57. The molecule has 0 aliphatic carbocycles. The molecule has 0 atom stereocenters. The summed E-state index contributed by atoms with van der Waals surface area (Å²) in [6.45, 7) is 1.03. The summed E-state index contributed by atoms with van der Waals surface area (Å²) in [5.41, 5.74) is 2.02. The molecule has 0 unspecified atom stereocenters. The summed E-state index contributed by atoms with van der Waals surface area (Å²) in [5.74, 6) is -3.00. The van der Waals surface area contributed by atoms with Crippen molar-refractivity contribution in [3.05, 3.63) is 64.7 Å². The Morgan fingerprint density at radius 1 is 0.931 bits per heavy atom. The van der Waals surface area contributed by atoms with Crippen LogP contribution in [0.3, 0.4) is 0 Å². The largest absolute Gasteiger partial charge is 0.491 e. The molecule has 0 radical (unpaired) electrons. The third-order valence-corrected chi connectivity index (χ3v) is 4.03. The number of carbonyl (C=O) groups excluding carboxylic acids is 2. The van der Waals surface area contributed by atoms with Gasteiger partial charge in [-0.1, -0.05) is 35.9 Å². The van der Waals surface area contributed by atoms with Crippen molar-refractivity contribution in [3.8, 4) is 5.75 Å². The zero-order valence-corrected chi connectivity index (χ0v) is 16.1. The highest BCUT2D eigenvalue weighted by Crippen LogP contribution is 2.17. The van der Waals surface area contributed by atoms with Crippen molar-refractivity contribution in [2.24, 2.45) is 0 Å². The molecule has 0 aliphatic rings. The molecule has 0 bridgehead atoms. The van der Waals surface area contributed by atoms with Crippen LogP contribution in [0.15, 0.2) is 48.5 Å². The van der Waals surface area contributed by atoms with Gasteiger partial charge in [-0.15, -0.1) is 0 Å². The van der Waals surface area contributed by atoms with Gasteiger partial charge in [0.05, 0.1) is 6.42 Å². The first-order valence-corrected chi connectivity index (χ1v) is 9.10. The normalized spacial score (nSPS) is 11.2. The van der Waals surface area contributed by atoms with E-state index < -0.39 is 18.1 Å². The van der Waals surface area contributed by atoms with Gasteiger partial charge in [-0.2, -0.15) is 13.2 Å². The second kappa shape index (κ2) is 10.8. The van der Waals surface area contributed by atoms with Gasteiger partial charge in [0.15, 0.2) is 0 Å². The molecule has 1 N–H and O–H groups in total. The van der Waals surface area contributed by atoms with Crippen molar-refractivity contribution in [3.63, 3.8) is 0 Å². The Hall–Kier alpha value is -2.58. The van der Waals surface area contributed by atoms with Crippen molar-refractivity contribution < 1.29 is 32.2 Å². The number of ether oxygens (including phenoxy) is 2. The topological polar surface area (TPSA) is 64.6 Å². The first kappa shape index (κ1) is 22.7. The van der Waals surface area contributed by atoms with Gasteiger partial charge >= 0.3 is 18.1 Å². The lowest BCUT2D eigenvalue weighted by Gasteiger charge is -2.08. The van der Waals surface area contributed by atoms with Crippen LogP contribution >= 0.6 is 11.6 Å². The molecular formula is C20H19ClF3NO4. The minimum absolute atomic E-state index is 0.103. The number of benzene rings is 2. The maximum Gasteiger partial charge on any atom is 0.491 e. The minimum atomic E-state index is -5.17. The van der Waals surface area contributed by atoms with Crippen molar-refractivity contribution in [2.75, 3.05) is 13.1 Å². The van der Waals surface area contributed by atoms with E-state index in [2.05, 4.69) is 10.1 Å². The fourth-order valence-corrected chi connectivity index (χ4v) is 2.39. The van der Waals surface area contributed by atoms with Gasteiger partial charge in [-0.05, 0) is 48.4 Å². The molecular weight excluding hydrogens is 411 g/mol. The molecule has 0 heterocycles. The monoisotopic (exact) mass is 429 g/mol. The van der Waals surface area contributed by atoms with E-state index in [0.29, 0.717) is 30.3 Å². The average Bonchev–Trinajstić information content (AvgIpc) is 2.67. The molecule has 2 aromatic rings. The van der Waals surface area contributed by atoms with E-state index in [1.807, 2.05) is 36.4 Å². The van der Waals surface area contributed by atoms with Crippen LogP contribution in [0.2, 0.25) is 5.02 Å². The van der Waals surface area contributed by atoms with E-state index in [-0.39, 0.29) is 13.0 Å². The predicted molar refractivity (Wildman–Crippen MR) is 101 cm³/mol. The molecule has 2 aromatic carbocycles. The number of halogens is 4. The molecule has 0 aromatic heterocycles. The first-order valence-electron chi connectivity index (χ1n) is 8.73. The van der Waals surface area contributed by atoms with Gasteiger partial charge < -0.3 is 14.8 Å². The predicted octanol–water partition coefficient (Wildman–Crippen LogP) is 4.07. The van der Waals surface area contributed by atoms with Crippen LogP contribution in [0.25, 0.3) is 0 Å². The molecule has 9 heteroatoms. The fourth-order valence-electron chi connectivity index (χ4n) is 2.26. The summed E-state index contributed by atoms with van der Waals surface area (Å²) < 4.78 is 45.3. The quantitative estimate of drug-likeness (QED) is 0.370. The van der Waals surface area contributed by atoms with Crippen LogP contribution in [-0.2, 0) is 27.4 Å². The molecule has 0 saturated carbocycles. The van der Waals surface area contributed by atoms with E-state index in [1.165, 1.54) is 0 Å². The molecule has 0 amide bonds. The van der Waals surface area contributed by atoms with E-state index in [4.69, 9.17) is 16.3 Å². The van der Waals surface area contributed by atoms with Crippen LogP contribution in [0.1, 0.15) is 17.5 Å². The lowest BCUT2D eigenvalue weighted by Crippen LogP contribution is -2.29. The van der Waals surface area contributed by atoms with Gasteiger partial charge in [-0.25, -0.2) is 4.79 Å². The van der Waals surface area contributed by atoms with Crippen LogP contribution < -0.4 is 10.1 Å². The van der Waals surface area contributed by atoms with E-state index in [9.17, 15) is 22.8 Å². The average molecular weight is 430 g/mol. The van der Waals surface area contributed by atoms with E-state index >= 15 is 0 Å². The van der Waals surface area contributed by atoms with Crippen molar-refractivity contribution >= 4 is 23.5 Å². The van der Waals surface area contributed by atoms with Crippen LogP contribution in [-0.4, -0.2) is 31.2 Å².